The van der Waals surface area contributed by atoms with Crippen molar-refractivity contribution in [1.82, 2.24) is 9.13 Å². The van der Waals surface area contributed by atoms with Gasteiger partial charge in [0.25, 0.3) is 5.56 Å². The average Bonchev–Trinajstić information content (AvgIpc) is 3.65. The van der Waals surface area contributed by atoms with Crippen molar-refractivity contribution in [2.24, 2.45) is 4.99 Å². The molecule has 222 valence electrons. The van der Waals surface area contributed by atoms with Crippen molar-refractivity contribution in [3.8, 4) is 17.2 Å². The van der Waals surface area contributed by atoms with E-state index in [1.807, 2.05) is 31.2 Å². The zero-order valence-corrected chi connectivity index (χ0v) is 27.7. The zero-order chi connectivity index (χ0) is 30.4. The highest BCUT2D eigenvalue weighted by Gasteiger charge is 2.35. The molecule has 4 aromatic rings. The number of halogens is 1. The molecule has 0 N–H and O–H groups in total. The van der Waals surface area contributed by atoms with E-state index in [4.69, 9.17) is 19.2 Å². The predicted molar refractivity (Wildman–Crippen MR) is 175 cm³/mol. The van der Waals surface area contributed by atoms with E-state index in [-0.39, 0.29) is 19.0 Å². The molecule has 0 unspecified atom stereocenters. The first kappa shape index (κ1) is 29.4. The van der Waals surface area contributed by atoms with Gasteiger partial charge in [-0.25, -0.2) is 9.79 Å². The molecule has 4 heterocycles. The Hall–Kier alpha value is -3.64. The van der Waals surface area contributed by atoms with Gasteiger partial charge in [-0.1, -0.05) is 36.8 Å². The normalized spacial score (nSPS) is 16.0. The molecule has 0 radical (unpaired) electrons. The highest BCUT2D eigenvalue weighted by Crippen LogP contribution is 2.39. The summed E-state index contributed by atoms with van der Waals surface area (Å²) in [6.45, 7) is 10.4. The predicted octanol–water partition coefficient (Wildman–Crippen LogP) is 5.63. The van der Waals surface area contributed by atoms with E-state index in [1.54, 1.807) is 11.5 Å². The van der Waals surface area contributed by atoms with Gasteiger partial charge < -0.3 is 18.8 Å². The van der Waals surface area contributed by atoms with Gasteiger partial charge in [0.15, 0.2) is 16.3 Å². The van der Waals surface area contributed by atoms with Crippen LogP contribution in [0.1, 0.15) is 60.8 Å². The second-order valence-electron chi connectivity index (χ2n) is 10.6. The largest absolute Gasteiger partial charge is 0.463 e. The van der Waals surface area contributed by atoms with Gasteiger partial charge in [0.05, 0.1) is 28.5 Å². The molecular weight excluding hydrogens is 677 g/mol. The Morgan fingerprint density at radius 2 is 1.91 bits per heavy atom. The Balaban J connectivity index is 1.54. The molecule has 43 heavy (non-hydrogen) atoms. The lowest BCUT2D eigenvalue weighted by Crippen LogP contribution is -2.40. The van der Waals surface area contributed by atoms with E-state index in [2.05, 4.69) is 72.2 Å². The molecule has 6 rings (SSSR count). The van der Waals surface area contributed by atoms with Gasteiger partial charge in [0.2, 0.25) is 6.79 Å². The third-order valence-electron chi connectivity index (χ3n) is 7.78. The number of hydrogen-bond acceptors (Lipinski definition) is 7. The van der Waals surface area contributed by atoms with E-state index < -0.39 is 12.0 Å². The van der Waals surface area contributed by atoms with E-state index in [9.17, 15) is 9.59 Å². The minimum Gasteiger partial charge on any atom is -0.463 e. The van der Waals surface area contributed by atoms with Gasteiger partial charge in [0, 0.05) is 20.6 Å². The van der Waals surface area contributed by atoms with Crippen LogP contribution >= 0.6 is 33.9 Å². The minimum absolute atomic E-state index is 0.128. The van der Waals surface area contributed by atoms with Crippen LogP contribution in [-0.2, 0) is 9.53 Å². The molecule has 2 aromatic carbocycles. The fourth-order valence-corrected chi connectivity index (χ4v) is 7.22. The second-order valence-corrected chi connectivity index (χ2v) is 12.8. The molecule has 0 saturated carbocycles. The average molecular weight is 710 g/mol. The number of esters is 1. The van der Waals surface area contributed by atoms with Crippen LogP contribution in [0.3, 0.4) is 0 Å². The van der Waals surface area contributed by atoms with Crippen molar-refractivity contribution in [3.05, 3.63) is 105 Å². The van der Waals surface area contributed by atoms with Gasteiger partial charge in [-0.2, -0.15) is 0 Å². The van der Waals surface area contributed by atoms with E-state index in [0.717, 1.165) is 34.6 Å². The topological polar surface area (TPSA) is 84.0 Å². The van der Waals surface area contributed by atoms with Crippen LogP contribution in [0.5, 0.6) is 11.5 Å². The lowest BCUT2D eigenvalue weighted by atomic mass is 9.94. The fraction of sp³-hybridized carbons (Fsp3) is 0.303. The summed E-state index contributed by atoms with van der Waals surface area (Å²) in [4.78, 5) is 33.1. The van der Waals surface area contributed by atoms with Gasteiger partial charge >= 0.3 is 5.97 Å². The van der Waals surface area contributed by atoms with Crippen molar-refractivity contribution >= 4 is 46.0 Å². The second kappa shape index (κ2) is 11.8. The highest BCUT2D eigenvalue weighted by atomic mass is 127. The summed E-state index contributed by atoms with van der Waals surface area (Å²) in [6.07, 6.45) is 3.30. The van der Waals surface area contributed by atoms with Crippen molar-refractivity contribution in [1.29, 1.82) is 0 Å². The summed E-state index contributed by atoms with van der Waals surface area (Å²) in [5, 5.41) is 0. The molecule has 0 spiro atoms. The van der Waals surface area contributed by atoms with Crippen LogP contribution in [0.25, 0.3) is 11.8 Å². The SMILES string of the molecule is CCCC1=C(C(=O)OCC)[C@H](c2ccc3c(c2)OCO3)n2c(s/c(=C\c3cc(C)n(-c4ccc(C)c(I)c4)c3C)c2=O)=N1. The van der Waals surface area contributed by atoms with Crippen molar-refractivity contribution < 1.29 is 19.0 Å². The fourth-order valence-electron chi connectivity index (χ4n) is 5.71. The number of carbonyl (C=O) groups is 1. The van der Waals surface area contributed by atoms with Crippen LogP contribution < -0.4 is 24.4 Å². The number of rotatable bonds is 7. The number of carbonyl (C=O) groups excluding carboxylic acids is 1. The Bertz CT molecular complexity index is 1980. The van der Waals surface area contributed by atoms with Gasteiger partial charge in [-0.15, -0.1) is 0 Å². The molecule has 10 heteroatoms. The first-order chi connectivity index (χ1) is 20.7. The quantitative estimate of drug-likeness (QED) is 0.184. The number of aromatic nitrogens is 2. The Labute approximate surface area is 267 Å². The summed E-state index contributed by atoms with van der Waals surface area (Å²) >= 11 is 3.70. The van der Waals surface area contributed by atoms with Crippen LogP contribution in [0.4, 0.5) is 0 Å². The molecule has 2 aromatic heterocycles. The Kier molecular flexibility index (Phi) is 8.08. The lowest BCUT2D eigenvalue weighted by Gasteiger charge is -2.25. The molecular formula is C33H32IN3O5S. The van der Waals surface area contributed by atoms with E-state index in [1.165, 1.54) is 20.5 Å². The standard InChI is InChI=1S/C33H32IN3O5S/c1-6-8-25-29(32(39)40-7-2)30(21-10-12-26-27(14-21)42-17-41-26)37-31(38)28(43-33(37)35-25)15-22-13-19(4)36(20(22)5)23-11-9-18(3)24(34)16-23/h9-16,30H,6-8,17H2,1-5H3/b28-15-/t30-/m0/s1. The Morgan fingerprint density at radius 1 is 1.12 bits per heavy atom. The summed E-state index contributed by atoms with van der Waals surface area (Å²) in [5.74, 6) is 0.739. The molecule has 2 aliphatic heterocycles. The molecule has 0 saturated heterocycles. The third kappa shape index (κ3) is 5.24. The van der Waals surface area contributed by atoms with E-state index in [0.29, 0.717) is 38.5 Å². The van der Waals surface area contributed by atoms with Gasteiger partial charge in [-0.3, -0.25) is 9.36 Å². The van der Waals surface area contributed by atoms with Gasteiger partial charge in [0.1, 0.15) is 0 Å². The maximum absolute atomic E-state index is 14.2. The van der Waals surface area contributed by atoms with Crippen LogP contribution in [0, 0.1) is 24.3 Å². The number of aryl methyl sites for hydroxylation is 2. The number of benzene rings is 2. The van der Waals surface area contributed by atoms with Crippen LogP contribution in [-0.4, -0.2) is 28.5 Å². The number of fused-ring (bicyclic) bond motifs is 2. The van der Waals surface area contributed by atoms with Crippen molar-refractivity contribution in [2.75, 3.05) is 13.4 Å². The Morgan fingerprint density at radius 3 is 2.65 bits per heavy atom. The molecule has 8 nitrogen and oxygen atoms in total. The first-order valence-electron chi connectivity index (χ1n) is 14.3. The van der Waals surface area contributed by atoms with Crippen LogP contribution in [0.2, 0.25) is 0 Å². The monoisotopic (exact) mass is 709 g/mol. The zero-order valence-electron chi connectivity index (χ0n) is 24.7. The van der Waals surface area contributed by atoms with Crippen molar-refractivity contribution in [2.45, 2.75) is 53.5 Å². The minimum atomic E-state index is -0.712. The molecule has 1 atom stereocenters. The summed E-state index contributed by atoms with van der Waals surface area (Å²) in [6, 6.07) is 13.3. The molecule has 2 aliphatic rings. The lowest BCUT2D eigenvalue weighted by molar-refractivity contribution is -0.139. The van der Waals surface area contributed by atoms with Crippen LogP contribution in [0.15, 0.2) is 63.5 Å². The number of nitrogens with zero attached hydrogens (tertiary/aromatic N) is 3. The highest BCUT2D eigenvalue weighted by molar-refractivity contribution is 14.1. The third-order valence-corrected chi connectivity index (χ3v) is 9.92. The number of allylic oxidation sites excluding steroid dienone is 1. The molecule has 0 bridgehead atoms. The summed E-state index contributed by atoms with van der Waals surface area (Å²) in [7, 11) is 0. The van der Waals surface area contributed by atoms with Gasteiger partial charge in [-0.05, 0) is 110 Å². The number of ether oxygens (including phenoxy) is 3. The maximum atomic E-state index is 14.2. The van der Waals surface area contributed by atoms with E-state index >= 15 is 0 Å². The number of thiazole rings is 1. The smallest absolute Gasteiger partial charge is 0.338 e. The molecule has 0 aliphatic carbocycles. The summed E-state index contributed by atoms with van der Waals surface area (Å²) < 4.78 is 22.3. The van der Waals surface area contributed by atoms with Crippen molar-refractivity contribution in [3.63, 3.8) is 0 Å². The first-order valence-corrected chi connectivity index (χ1v) is 16.2. The molecule has 0 amide bonds. The maximum Gasteiger partial charge on any atom is 0.338 e. The number of hydrogen-bond donors (Lipinski definition) is 0. The molecule has 0 fully saturated rings. The summed E-state index contributed by atoms with van der Waals surface area (Å²) in [5.41, 5.74) is 6.92.